The fourth-order valence-electron chi connectivity index (χ4n) is 4.06. The van der Waals surface area contributed by atoms with Gasteiger partial charge in [0, 0.05) is 34.8 Å². The Kier molecular flexibility index (Phi) is 4.72. The van der Waals surface area contributed by atoms with E-state index in [1.807, 2.05) is 29.2 Å². The van der Waals surface area contributed by atoms with Gasteiger partial charge in [-0.05, 0) is 38.1 Å². The maximum atomic E-state index is 5.39. The van der Waals surface area contributed by atoms with Crippen molar-refractivity contribution >= 4 is 55.9 Å². The van der Waals surface area contributed by atoms with Crippen LogP contribution in [0.25, 0.3) is 27.1 Å². The lowest BCUT2D eigenvalue weighted by Crippen LogP contribution is -2.37. The molecule has 4 aromatic rings. The molecule has 1 aliphatic rings. The monoisotopic (exact) mass is 419 g/mol. The molecule has 0 saturated carbocycles. The van der Waals surface area contributed by atoms with Crippen LogP contribution >= 0.6 is 23.1 Å². The first kappa shape index (κ1) is 18.5. The van der Waals surface area contributed by atoms with Gasteiger partial charge in [-0.3, -0.25) is 0 Å². The molecule has 5 rings (SSSR count). The van der Waals surface area contributed by atoms with E-state index in [0.29, 0.717) is 0 Å². The molecule has 0 N–H and O–H groups in total. The Hall–Kier alpha value is -2.50. The predicted octanol–water partition coefficient (Wildman–Crippen LogP) is 6.30. The molecule has 146 valence electrons. The van der Waals surface area contributed by atoms with Gasteiger partial charge in [-0.2, -0.15) is 4.57 Å². The van der Waals surface area contributed by atoms with Crippen LogP contribution in [0.1, 0.15) is 19.5 Å². The van der Waals surface area contributed by atoms with E-state index in [0.717, 1.165) is 18.8 Å². The standard InChI is InChI=1S/C24H23N2OS2/c1-4-25-17(11-10-16-14-18(27-3)12-13-20(16)25)15-22-26(5-2)23-19-8-6-7-9-21(19)28-24(23)29-22/h6-15H,4-5H2,1-3H3/q+1. The molecule has 2 aromatic carbocycles. The molecule has 0 fully saturated rings. The predicted molar refractivity (Wildman–Crippen MR) is 125 cm³/mol. The molecule has 0 atom stereocenters. The second kappa shape index (κ2) is 7.39. The first-order chi connectivity index (χ1) is 14.2. The highest BCUT2D eigenvalue weighted by Gasteiger charge is 2.29. The molecular weight excluding hydrogens is 396 g/mol. The third-order valence-corrected chi connectivity index (χ3v) is 7.83. The van der Waals surface area contributed by atoms with Gasteiger partial charge in [0.05, 0.1) is 27.4 Å². The van der Waals surface area contributed by atoms with Crippen molar-refractivity contribution in [2.24, 2.45) is 0 Å². The Morgan fingerprint density at radius 2 is 1.93 bits per heavy atom. The number of anilines is 1. The minimum atomic E-state index is 0.895. The summed E-state index contributed by atoms with van der Waals surface area (Å²) in [6.07, 6.45) is 2.34. The second-order valence-electron chi connectivity index (χ2n) is 6.99. The van der Waals surface area contributed by atoms with Gasteiger partial charge in [0.2, 0.25) is 11.2 Å². The maximum Gasteiger partial charge on any atom is 0.213 e. The highest BCUT2D eigenvalue weighted by Crippen LogP contribution is 2.54. The van der Waals surface area contributed by atoms with Gasteiger partial charge < -0.3 is 9.64 Å². The number of aryl methyl sites for hydroxylation is 1. The minimum Gasteiger partial charge on any atom is -0.497 e. The number of methoxy groups -OCH3 is 1. The number of nitrogens with zero attached hydrogens (tertiary/aromatic N) is 2. The number of fused-ring (bicyclic) bond motifs is 4. The minimum absolute atomic E-state index is 0.895. The number of benzene rings is 2. The number of ether oxygens (including phenoxy) is 1. The van der Waals surface area contributed by atoms with E-state index in [4.69, 9.17) is 4.74 Å². The summed E-state index contributed by atoms with van der Waals surface area (Å²) in [5.41, 5.74) is 3.83. The summed E-state index contributed by atoms with van der Waals surface area (Å²) in [6, 6.07) is 19.4. The van der Waals surface area contributed by atoms with Crippen molar-refractivity contribution in [3.8, 4) is 5.75 Å². The number of rotatable bonds is 4. The first-order valence-corrected chi connectivity index (χ1v) is 11.6. The maximum absolute atomic E-state index is 5.39. The molecule has 3 nitrogen and oxygen atoms in total. The Morgan fingerprint density at radius 1 is 1.07 bits per heavy atom. The summed E-state index contributed by atoms with van der Waals surface area (Å²) >= 11 is 3.79. The highest BCUT2D eigenvalue weighted by atomic mass is 32.2. The summed E-state index contributed by atoms with van der Waals surface area (Å²) < 4.78 is 10.5. The van der Waals surface area contributed by atoms with E-state index in [2.05, 4.69) is 77.9 Å². The molecule has 1 aliphatic heterocycles. The fourth-order valence-corrected chi connectivity index (χ4v) is 6.71. The Morgan fingerprint density at radius 3 is 2.72 bits per heavy atom. The van der Waals surface area contributed by atoms with Gasteiger partial charge in [-0.25, -0.2) is 0 Å². The van der Waals surface area contributed by atoms with E-state index >= 15 is 0 Å². The van der Waals surface area contributed by atoms with Crippen molar-refractivity contribution in [1.29, 1.82) is 0 Å². The first-order valence-electron chi connectivity index (χ1n) is 9.92. The zero-order chi connectivity index (χ0) is 20.0. The van der Waals surface area contributed by atoms with E-state index in [1.54, 1.807) is 7.11 Å². The van der Waals surface area contributed by atoms with Gasteiger partial charge in [0.1, 0.15) is 12.3 Å². The normalized spacial score (nSPS) is 14.9. The number of hydrogen-bond acceptors (Lipinski definition) is 4. The quantitative estimate of drug-likeness (QED) is 0.361. The third kappa shape index (κ3) is 3.00. The van der Waals surface area contributed by atoms with Crippen LogP contribution in [-0.4, -0.2) is 13.7 Å². The highest BCUT2D eigenvalue weighted by molar-refractivity contribution is 8.05. The van der Waals surface area contributed by atoms with Crippen LogP contribution in [0.4, 0.5) is 5.69 Å². The van der Waals surface area contributed by atoms with Crippen LogP contribution in [0.3, 0.4) is 0 Å². The van der Waals surface area contributed by atoms with Crippen LogP contribution in [-0.2, 0) is 6.54 Å². The van der Waals surface area contributed by atoms with Crippen molar-refractivity contribution in [2.75, 3.05) is 18.6 Å². The molecule has 2 aromatic heterocycles. The summed E-state index contributed by atoms with van der Waals surface area (Å²) in [7, 11) is 1.72. The molecule has 0 spiro atoms. The molecule has 0 bridgehead atoms. The van der Waals surface area contributed by atoms with Crippen LogP contribution in [0.5, 0.6) is 5.75 Å². The number of pyridine rings is 1. The molecule has 0 saturated heterocycles. The number of aromatic nitrogens is 1. The van der Waals surface area contributed by atoms with Crippen molar-refractivity contribution in [3.63, 3.8) is 0 Å². The fraction of sp³-hybridized carbons (Fsp3) is 0.208. The summed E-state index contributed by atoms with van der Waals surface area (Å²) in [5.74, 6) is 0.895. The van der Waals surface area contributed by atoms with Crippen molar-refractivity contribution in [3.05, 3.63) is 65.3 Å². The molecule has 0 radical (unpaired) electrons. The smallest absolute Gasteiger partial charge is 0.213 e. The van der Waals surface area contributed by atoms with Crippen molar-refractivity contribution < 1.29 is 9.30 Å². The van der Waals surface area contributed by atoms with E-state index in [9.17, 15) is 0 Å². The Balaban J connectivity index is 1.62. The molecule has 0 unspecified atom stereocenters. The molecule has 3 heterocycles. The van der Waals surface area contributed by atoms with E-state index in [1.165, 1.54) is 41.6 Å². The lowest BCUT2D eigenvalue weighted by molar-refractivity contribution is -0.669. The average molecular weight is 420 g/mol. The van der Waals surface area contributed by atoms with Crippen molar-refractivity contribution in [2.45, 2.75) is 24.6 Å². The Bertz CT molecular complexity index is 1260. The zero-order valence-corrected chi connectivity index (χ0v) is 18.4. The van der Waals surface area contributed by atoms with Crippen molar-refractivity contribution in [1.82, 2.24) is 0 Å². The van der Waals surface area contributed by atoms with Gasteiger partial charge in [-0.15, -0.1) is 11.3 Å². The Labute approximate surface area is 179 Å². The van der Waals surface area contributed by atoms with E-state index < -0.39 is 0 Å². The van der Waals surface area contributed by atoms with E-state index in [-0.39, 0.29) is 0 Å². The van der Waals surface area contributed by atoms with Crippen LogP contribution < -0.4 is 14.2 Å². The van der Waals surface area contributed by atoms with Crippen LogP contribution in [0.2, 0.25) is 0 Å². The molecular formula is C24H23N2OS2+. The van der Waals surface area contributed by atoms with Crippen LogP contribution in [0, 0.1) is 0 Å². The molecule has 0 amide bonds. The molecule has 0 aliphatic carbocycles. The second-order valence-corrected chi connectivity index (χ2v) is 9.33. The summed E-state index contributed by atoms with van der Waals surface area (Å²) in [5, 5.41) is 3.86. The number of hydrogen-bond donors (Lipinski definition) is 0. The SMILES string of the molecule is CCN1/C(=C\c2ccc3cc(OC)ccc3[n+]2CC)Sc2sc3ccccc3c21. The zero-order valence-electron chi connectivity index (χ0n) is 16.8. The largest absolute Gasteiger partial charge is 0.497 e. The molecule has 5 heteroatoms. The average Bonchev–Trinajstić information content (AvgIpc) is 3.28. The van der Waals surface area contributed by atoms with Gasteiger partial charge in [0.15, 0.2) is 0 Å². The lowest BCUT2D eigenvalue weighted by Gasteiger charge is -2.18. The number of thiophene rings is 1. The van der Waals surface area contributed by atoms with Gasteiger partial charge in [-0.1, -0.05) is 30.0 Å². The van der Waals surface area contributed by atoms with Gasteiger partial charge >= 0.3 is 0 Å². The lowest BCUT2D eigenvalue weighted by atomic mass is 10.1. The van der Waals surface area contributed by atoms with Gasteiger partial charge in [0.25, 0.3) is 0 Å². The third-order valence-electron chi connectivity index (χ3n) is 5.45. The number of thioether (sulfide) groups is 1. The molecule has 29 heavy (non-hydrogen) atoms. The van der Waals surface area contributed by atoms with Crippen LogP contribution in [0.15, 0.2) is 63.8 Å². The summed E-state index contributed by atoms with van der Waals surface area (Å²) in [6.45, 7) is 6.32. The topological polar surface area (TPSA) is 16.4 Å². The summed E-state index contributed by atoms with van der Waals surface area (Å²) in [4.78, 5) is 2.46.